The van der Waals surface area contributed by atoms with Crippen LogP contribution in [0.4, 0.5) is 0 Å². The van der Waals surface area contributed by atoms with E-state index in [9.17, 15) is 48.5 Å². The SMILES string of the molecule is CCCOC(=O)c1cc(OB2[N+]3=C4N=C5N=C(N=C6C7CC8CC(S(=O)(=O)[O-])CCC8CC7C(=[N+]26)N=C3C2CC3CC(S(=O)(=O)[O-])CCC3CC42)C2CC3CC(S(=O)(=O)O)CCC3CC52)cc(C(=O)OCCC)c1. The van der Waals surface area contributed by atoms with Gasteiger partial charge in [0.1, 0.15) is 5.75 Å². The van der Waals surface area contributed by atoms with E-state index in [1.165, 1.54) is 6.07 Å². The van der Waals surface area contributed by atoms with Crippen LogP contribution < -0.4 is 4.65 Å². The third kappa shape index (κ3) is 8.85. The molecule has 24 heteroatoms. The van der Waals surface area contributed by atoms with Gasteiger partial charge in [-0.1, -0.05) is 28.8 Å². The monoisotopic (exact) mass is 1080 g/mol. The molecule has 15 atom stereocenters. The summed E-state index contributed by atoms with van der Waals surface area (Å²) < 4.78 is 133. The molecule has 6 fully saturated rings. The Hall–Kier alpha value is -4.23. The number of hydrogen-bond donors (Lipinski definition) is 1. The van der Waals surface area contributed by atoms with Gasteiger partial charge < -0.3 is 23.2 Å². The number of amidine groups is 6. The Morgan fingerprint density at radius 2 is 0.973 bits per heavy atom. The van der Waals surface area contributed by atoms with Crippen LogP contribution in [0.3, 0.4) is 0 Å². The molecule has 0 aromatic heterocycles. The molecule has 5 aliphatic heterocycles. The van der Waals surface area contributed by atoms with Crippen molar-refractivity contribution in [3.63, 3.8) is 0 Å². The lowest BCUT2D eigenvalue weighted by molar-refractivity contribution is -0.421. The van der Waals surface area contributed by atoms with Gasteiger partial charge >= 0.3 is 19.1 Å². The van der Waals surface area contributed by atoms with E-state index in [1.807, 2.05) is 22.8 Å². The van der Waals surface area contributed by atoms with Crippen molar-refractivity contribution >= 4 is 84.5 Å². The Morgan fingerprint density at radius 1 is 0.554 bits per heavy atom. The first-order valence-electron chi connectivity index (χ1n) is 26.9. The molecule has 6 saturated carbocycles. The third-order valence-electron chi connectivity index (χ3n) is 19.1. The Balaban J connectivity index is 1.04. The molecule has 20 nitrogen and oxygen atoms in total. The fraction of sp³-hybridized carbons (Fsp3) is 0.720. The average Bonchev–Trinajstić information content (AvgIpc) is 3.96. The summed E-state index contributed by atoms with van der Waals surface area (Å²) in [6.45, 7) is 4.04. The standard InChI is InChI=1S/C50H63BN6O14S3/c1-3-11-69-49(58)31-13-32(50(59)70-12-4-2)15-33(14-31)71-51-56-45-39-20-26-6-9-36(74(66,67)68)18-30(26)24-42(39)48(56)55-47-40-21-27-7-10-35(73(63,64)65)17-29(27)23-41(40)46(57(47)51)54-44-38-22-28-16-34(72(60,61)62)8-5-25(28)19-37(38)43(52-44)53-45/h13-15,25-30,34-42H,3-12,16-24H2,1-2H3,(H-2,60,61,62,63,64,65,66,67,68). The smallest absolute Gasteiger partial charge is 0.748 e. The number of benzene rings is 1. The highest BCUT2D eigenvalue weighted by atomic mass is 32.2. The molecule has 1 N–H and O–H groups in total. The molecular formula is C50H63BN6O14S3. The van der Waals surface area contributed by atoms with E-state index >= 15 is 0 Å². The zero-order valence-electron chi connectivity index (χ0n) is 41.6. The zero-order valence-corrected chi connectivity index (χ0v) is 44.0. The quantitative estimate of drug-likeness (QED) is 0.172. The highest BCUT2D eigenvalue weighted by Crippen LogP contribution is 2.55. The van der Waals surface area contributed by atoms with Crippen LogP contribution >= 0.6 is 0 Å². The van der Waals surface area contributed by atoms with Crippen molar-refractivity contribution in [3.05, 3.63) is 29.3 Å². The molecular weight excluding hydrogens is 1020 g/mol. The lowest BCUT2D eigenvalue weighted by Crippen LogP contribution is -2.56. The molecule has 0 saturated heterocycles. The minimum atomic E-state index is -4.55. The van der Waals surface area contributed by atoms with Crippen LogP contribution in [0.2, 0.25) is 0 Å². The normalized spacial score (nSPS) is 36.9. The van der Waals surface area contributed by atoms with Crippen LogP contribution in [0.25, 0.3) is 0 Å². The third-order valence-corrected chi connectivity index (χ3v) is 22.9. The molecule has 398 valence electrons. The van der Waals surface area contributed by atoms with E-state index in [-0.39, 0.29) is 127 Å². The van der Waals surface area contributed by atoms with Crippen LogP contribution in [-0.2, 0) is 39.8 Å². The topological polar surface area (TPSA) is 286 Å². The lowest BCUT2D eigenvalue weighted by atomic mass is 9.63. The van der Waals surface area contributed by atoms with Crippen LogP contribution in [0.5, 0.6) is 5.75 Å². The first-order chi connectivity index (χ1) is 35.2. The Bertz CT molecular complexity index is 3080. The Morgan fingerprint density at radius 3 is 1.46 bits per heavy atom. The van der Waals surface area contributed by atoms with Crippen LogP contribution in [0, 0.1) is 71.0 Å². The van der Waals surface area contributed by atoms with E-state index in [0.717, 1.165) is 0 Å². The first kappa shape index (κ1) is 50.6. The fourth-order valence-electron chi connectivity index (χ4n) is 15.7. The molecule has 6 aliphatic carbocycles. The number of carbonyl (C=O) groups excluding carboxylic acids is 2. The van der Waals surface area contributed by atoms with Crippen LogP contribution in [0.1, 0.15) is 144 Å². The number of esters is 2. The number of rotatable bonds is 11. The molecule has 12 rings (SSSR count). The second-order valence-corrected chi connectivity index (χ2v) is 28.2. The fourth-order valence-corrected chi connectivity index (χ4v) is 18.4. The largest absolute Gasteiger partial charge is 0.800 e. The number of nitrogens with zero attached hydrogens (tertiary/aromatic N) is 6. The highest BCUT2D eigenvalue weighted by Gasteiger charge is 2.67. The minimum Gasteiger partial charge on any atom is -0.748 e. The molecule has 0 spiro atoms. The van der Waals surface area contributed by atoms with Gasteiger partial charge in [0.15, 0.2) is 0 Å². The maximum atomic E-state index is 13.7. The number of aliphatic imine (C=N–C) groups is 4. The minimum absolute atomic E-state index is 0.0235. The molecule has 1 aromatic carbocycles. The van der Waals surface area contributed by atoms with E-state index in [4.69, 9.17) is 34.1 Å². The lowest BCUT2D eigenvalue weighted by Gasteiger charge is -2.43. The number of ether oxygens (including phenoxy) is 2. The van der Waals surface area contributed by atoms with Gasteiger partial charge in [0.2, 0.25) is 35.0 Å². The predicted octanol–water partition coefficient (Wildman–Crippen LogP) is 5.08. The zero-order chi connectivity index (χ0) is 51.7. The summed E-state index contributed by atoms with van der Waals surface area (Å²) in [6, 6.07) is 4.51. The van der Waals surface area contributed by atoms with Gasteiger partial charge in [0.05, 0.1) is 73.5 Å². The number of fused-ring (bicyclic) bond motifs is 13. The van der Waals surface area contributed by atoms with Crippen molar-refractivity contribution in [1.29, 1.82) is 0 Å². The molecule has 0 amide bonds. The molecule has 4 bridgehead atoms. The maximum Gasteiger partial charge on any atom is 0.800 e. The Labute approximate surface area is 432 Å². The molecule has 1 aromatic rings. The number of carbonyl (C=O) groups is 2. The van der Waals surface area contributed by atoms with Crippen molar-refractivity contribution in [2.24, 2.45) is 91.0 Å². The molecule has 11 aliphatic rings. The Kier molecular flexibility index (Phi) is 12.8. The van der Waals surface area contributed by atoms with Gasteiger partial charge in [-0.2, -0.15) is 13.4 Å². The van der Waals surface area contributed by atoms with Crippen molar-refractivity contribution in [2.75, 3.05) is 13.2 Å². The molecule has 0 radical (unpaired) electrons. The van der Waals surface area contributed by atoms with Crippen molar-refractivity contribution in [2.45, 2.75) is 139 Å². The van der Waals surface area contributed by atoms with Crippen molar-refractivity contribution in [1.82, 2.24) is 0 Å². The number of hydrogen-bond acceptors (Lipinski definition) is 17. The summed E-state index contributed by atoms with van der Waals surface area (Å²) in [7, 11) is -14.5. The van der Waals surface area contributed by atoms with Gasteiger partial charge in [-0.15, -0.1) is 0 Å². The first-order valence-corrected chi connectivity index (χ1v) is 31.4. The molecule has 15 unspecified atom stereocenters. The summed E-state index contributed by atoms with van der Waals surface area (Å²) in [6.07, 6.45) is 8.15. The average molecular weight is 1080 g/mol. The molecule has 5 heterocycles. The van der Waals surface area contributed by atoms with Crippen LogP contribution in [0.15, 0.2) is 38.2 Å². The van der Waals surface area contributed by atoms with Crippen molar-refractivity contribution < 1.29 is 71.6 Å². The van der Waals surface area contributed by atoms with E-state index in [1.54, 1.807) is 12.1 Å². The van der Waals surface area contributed by atoms with Gasteiger partial charge in [0, 0.05) is 22.3 Å². The molecule has 74 heavy (non-hydrogen) atoms. The summed E-state index contributed by atoms with van der Waals surface area (Å²) in [5.41, 5.74) is 0.150. The second-order valence-electron chi connectivity index (χ2n) is 23.2. The van der Waals surface area contributed by atoms with Crippen LogP contribution in [-0.4, -0.2) is 131 Å². The van der Waals surface area contributed by atoms with Gasteiger partial charge in [-0.3, -0.25) is 4.55 Å². The van der Waals surface area contributed by atoms with Crippen molar-refractivity contribution in [3.8, 4) is 5.75 Å². The van der Waals surface area contributed by atoms with Gasteiger partial charge in [0.25, 0.3) is 10.1 Å². The van der Waals surface area contributed by atoms with Gasteiger partial charge in [-0.25, -0.2) is 35.4 Å². The highest BCUT2D eigenvalue weighted by molar-refractivity contribution is 7.86. The van der Waals surface area contributed by atoms with E-state index in [2.05, 4.69) is 0 Å². The summed E-state index contributed by atoms with van der Waals surface area (Å²) >= 11 is 0. The van der Waals surface area contributed by atoms with Gasteiger partial charge in [-0.05, 0) is 163 Å². The maximum absolute atomic E-state index is 13.7. The predicted molar refractivity (Wildman–Crippen MR) is 268 cm³/mol. The summed E-state index contributed by atoms with van der Waals surface area (Å²) in [5.74, 6) is 1.22. The van der Waals surface area contributed by atoms with E-state index in [0.29, 0.717) is 118 Å². The second kappa shape index (κ2) is 18.8. The summed E-state index contributed by atoms with van der Waals surface area (Å²) in [5, 5.41) is -2.85. The summed E-state index contributed by atoms with van der Waals surface area (Å²) in [4.78, 5) is 49.6. The van der Waals surface area contributed by atoms with E-state index < -0.39 is 65.2 Å².